The molecule has 3 nitrogen and oxygen atoms in total. The Balaban J connectivity index is 2.53. The molecule has 0 spiro atoms. The van der Waals surface area contributed by atoms with Gasteiger partial charge in [0.15, 0.2) is 0 Å². The molecule has 0 aromatic heterocycles. The largest absolute Gasteiger partial charge is 0.480 e. The number of aliphatic carboxylic acids is 1. The number of hydrogen-bond acceptors (Lipinski definition) is 2. The average molecular weight is 227 g/mol. The Morgan fingerprint density at radius 1 is 1.25 bits per heavy atom. The monoisotopic (exact) mass is 227 g/mol. The van der Waals surface area contributed by atoms with Gasteiger partial charge in [-0.15, -0.1) is 0 Å². The van der Waals surface area contributed by atoms with Gasteiger partial charge in [0.2, 0.25) is 0 Å². The zero-order valence-corrected chi connectivity index (χ0v) is 10.6. The quantitative estimate of drug-likeness (QED) is 0.710. The van der Waals surface area contributed by atoms with E-state index in [0.29, 0.717) is 5.92 Å². The first kappa shape index (κ1) is 13.5. The van der Waals surface area contributed by atoms with E-state index in [1.54, 1.807) is 0 Å². The van der Waals surface area contributed by atoms with E-state index < -0.39 is 11.5 Å². The van der Waals surface area contributed by atoms with Crippen LogP contribution in [0, 0.1) is 5.92 Å². The predicted molar refractivity (Wildman–Crippen MR) is 65.5 cm³/mol. The molecule has 0 bridgehead atoms. The van der Waals surface area contributed by atoms with Crippen molar-refractivity contribution in [3.8, 4) is 0 Å². The second kappa shape index (κ2) is 6.24. The molecule has 0 radical (unpaired) electrons. The normalized spacial score (nSPS) is 20.7. The van der Waals surface area contributed by atoms with E-state index in [4.69, 9.17) is 0 Å². The summed E-state index contributed by atoms with van der Waals surface area (Å²) in [4.78, 5) is 11.4. The predicted octanol–water partition coefficient (Wildman–Crippen LogP) is 2.80. The number of nitrogens with one attached hydrogen (secondary N) is 1. The highest BCUT2D eigenvalue weighted by atomic mass is 16.4. The molecule has 0 aromatic carbocycles. The minimum absolute atomic E-state index is 0.629. The lowest BCUT2D eigenvalue weighted by Crippen LogP contribution is -2.52. The third kappa shape index (κ3) is 3.78. The molecule has 1 saturated carbocycles. The van der Waals surface area contributed by atoms with Crippen LogP contribution in [-0.2, 0) is 4.79 Å². The summed E-state index contributed by atoms with van der Waals surface area (Å²) >= 11 is 0. The van der Waals surface area contributed by atoms with Gasteiger partial charge in [-0.3, -0.25) is 4.79 Å². The molecule has 0 atom stereocenters. The Kier molecular flexibility index (Phi) is 5.26. The minimum atomic E-state index is -0.654. The first-order valence-corrected chi connectivity index (χ1v) is 6.55. The second-order valence-corrected chi connectivity index (χ2v) is 5.41. The molecule has 1 aliphatic rings. The van der Waals surface area contributed by atoms with Crippen LogP contribution in [0.25, 0.3) is 0 Å². The van der Waals surface area contributed by atoms with Gasteiger partial charge in [-0.05, 0) is 31.7 Å². The third-order valence-corrected chi connectivity index (χ3v) is 3.55. The van der Waals surface area contributed by atoms with Crippen LogP contribution in [0.1, 0.15) is 58.8 Å². The van der Waals surface area contributed by atoms with E-state index in [-0.39, 0.29) is 0 Å². The van der Waals surface area contributed by atoms with Gasteiger partial charge >= 0.3 is 5.97 Å². The maximum Gasteiger partial charge on any atom is 0.323 e. The highest BCUT2D eigenvalue weighted by molar-refractivity contribution is 5.78. The third-order valence-electron chi connectivity index (χ3n) is 3.55. The molecule has 3 heteroatoms. The number of rotatable bonds is 5. The van der Waals surface area contributed by atoms with Gasteiger partial charge in [-0.1, -0.05) is 39.5 Å². The van der Waals surface area contributed by atoms with Crippen molar-refractivity contribution in [2.45, 2.75) is 64.3 Å². The van der Waals surface area contributed by atoms with E-state index in [1.807, 2.05) is 0 Å². The van der Waals surface area contributed by atoms with Crippen molar-refractivity contribution < 1.29 is 9.90 Å². The van der Waals surface area contributed by atoms with Crippen molar-refractivity contribution in [1.29, 1.82) is 0 Å². The molecule has 2 N–H and O–H groups in total. The Bertz CT molecular complexity index is 218. The first-order chi connectivity index (χ1) is 7.57. The average Bonchev–Trinajstić information content (AvgIpc) is 2.43. The van der Waals surface area contributed by atoms with E-state index in [0.717, 1.165) is 38.6 Å². The number of carbonyl (C=O) groups is 1. The van der Waals surface area contributed by atoms with Gasteiger partial charge < -0.3 is 10.4 Å². The van der Waals surface area contributed by atoms with Crippen molar-refractivity contribution in [1.82, 2.24) is 5.32 Å². The highest BCUT2D eigenvalue weighted by Gasteiger charge is 2.37. The summed E-state index contributed by atoms with van der Waals surface area (Å²) in [5.74, 6) is -0.0257. The van der Waals surface area contributed by atoms with Crippen molar-refractivity contribution >= 4 is 5.97 Å². The Morgan fingerprint density at radius 3 is 2.25 bits per heavy atom. The number of hydrogen-bond donors (Lipinski definition) is 2. The summed E-state index contributed by atoms with van der Waals surface area (Å²) in [6.07, 6.45) is 7.08. The SMILES string of the molecule is CC(C)CCNC1(C(=O)O)CCCCCC1. The van der Waals surface area contributed by atoms with Crippen molar-refractivity contribution in [2.24, 2.45) is 5.92 Å². The van der Waals surface area contributed by atoms with Crippen LogP contribution in [0.4, 0.5) is 0 Å². The van der Waals surface area contributed by atoms with E-state index in [9.17, 15) is 9.90 Å². The van der Waals surface area contributed by atoms with Crippen LogP contribution in [0.2, 0.25) is 0 Å². The Labute approximate surface area is 98.6 Å². The summed E-state index contributed by atoms with van der Waals surface area (Å²) in [6.45, 7) is 5.16. The molecular formula is C13H25NO2. The second-order valence-electron chi connectivity index (χ2n) is 5.41. The lowest BCUT2D eigenvalue weighted by Gasteiger charge is -2.29. The van der Waals surface area contributed by atoms with E-state index in [2.05, 4.69) is 19.2 Å². The Morgan fingerprint density at radius 2 is 1.81 bits per heavy atom. The molecule has 0 aromatic rings. The van der Waals surface area contributed by atoms with E-state index in [1.165, 1.54) is 12.8 Å². The van der Waals surface area contributed by atoms with Crippen molar-refractivity contribution in [3.05, 3.63) is 0 Å². The molecule has 0 heterocycles. The van der Waals surface area contributed by atoms with Gasteiger partial charge in [0.25, 0.3) is 0 Å². The van der Waals surface area contributed by atoms with Gasteiger partial charge in [0, 0.05) is 0 Å². The van der Waals surface area contributed by atoms with Crippen LogP contribution in [0.15, 0.2) is 0 Å². The molecule has 0 saturated heterocycles. The maximum absolute atomic E-state index is 11.4. The summed E-state index contributed by atoms with van der Waals surface area (Å²) in [5.41, 5.74) is -0.634. The standard InChI is InChI=1S/C13H25NO2/c1-11(2)7-10-14-13(12(15)16)8-5-3-4-6-9-13/h11,14H,3-10H2,1-2H3,(H,15,16). The van der Waals surface area contributed by atoms with Crippen LogP contribution >= 0.6 is 0 Å². The smallest absolute Gasteiger partial charge is 0.323 e. The lowest BCUT2D eigenvalue weighted by molar-refractivity contribution is -0.145. The minimum Gasteiger partial charge on any atom is -0.480 e. The summed E-state index contributed by atoms with van der Waals surface area (Å²) < 4.78 is 0. The molecule has 1 aliphatic carbocycles. The molecule has 1 rings (SSSR count). The fraction of sp³-hybridized carbons (Fsp3) is 0.923. The van der Waals surface area contributed by atoms with Gasteiger partial charge in [-0.2, -0.15) is 0 Å². The first-order valence-electron chi connectivity index (χ1n) is 6.55. The molecule has 0 amide bonds. The van der Waals surface area contributed by atoms with Gasteiger partial charge in [-0.25, -0.2) is 0 Å². The molecule has 0 aliphatic heterocycles. The molecule has 94 valence electrons. The van der Waals surface area contributed by atoms with Crippen LogP contribution < -0.4 is 5.32 Å². The zero-order valence-electron chi connectivity index (χ0n) is 10.6. The maximum atomic E-state index is 11.4. The van der Waals surface area contributed by atoms with Crippen molar-refractivity contribution in [2.75, 3.05) is 6.54 Å². The summed E-state index contributed by atoms with van der Waals surface area (Å²) in [6, 6.07) is 0. The summed E-state index contributed by atoms with van der Waals surface area (Å²) in [5, 5.41) is 12.7. The van der Waals surface area contributed by atoms with Crippen LogP contribution in [0.3, 0.4) is 0 Å². The van der Waals surface area contributed by atoms with Gasteiger partial charge in [0.1, 0.15) is 5.54 Å². The number of carboxylic acids is 1. The fourth-order valence-electron chi connectivity index (χ4n) is 2.40. The lowest BCUT2D eigenvalue weighted by atomic mass is 9.90. The number of carboxylic acid groups (broad SMARTS) is 1. The zero-order chi connectivity index (χ0) is 12.0. The highest BCUT2D eigenvalue weighted by Crippen LogP contribution is 2.27. The topological polar surface area (TPSA) is 49.3 Å². The summed E-state index contributed by atoms with van der Waals surface area (Å²) in [7, 11) is 0. The van der Waals surface area contributed by atoms with Gasteiger partial charge in [0.05, 0.1) is 0 Å². The van der Waals surface area contributed by atoms with E-state index >= 15 is 0 Å². The van der Waals surface area contributed by atoms with Crippen molar-refractivity contribution in [3.63, 3.8) is 0 Å². The van der Waals surface area contributed by atoms with Crippen LogP contribution in [-0.4, -0.2) is 23.2 Å². The molecule has 0 unspecified atom stereocenters. The van der Waals surface area contributed by atoms with Crippen LogP contribution in [0.5, 0.6) is 0 Å². The molecular weight excluding hydrogens is 202 g/mol. The fourth-order valence-corrected chi connectivity index (χ4v) is 2.40. The molecule has 16 heavy (non-hydrogen) atoms. The Hall–Kier alpha value is -0.570. The molecule has 1 fully saturated rings.